The van der Waals surface area contributed by atoms with Gasteiger partial charge in [0.05, 0.1) is 6.54 Å². The van der Waals surface area contributed by atoms with Gasteiger partial charge in [0.2, 0.25) is 0 Å². The second-order valence-electron chi connectivity index (χ2n) is 4.41. The molecular formula is C17H16N2O. The van der Waals surface area contributed by atoms with Gasteiger partial charge < -0.3 is 11.1 Å². The van der Waals surface area contributed by atoms with E-state index in [1.54, 1.807) is 6.07 Å². The third kappa shape index (κ3) is 3.71. The maximum absolute atomic E-state index is 12.1. The lowest BCUT2D eigenvalue weighted by molar-refractivity contribution is 0.102. The molecule has 0 radical (unpaired) electrons. The van der Waals surface area contributed by atoms with Gasteiger partial charge >= 0.3 is 0 Å². The highest BCUT2D eigenvalue weighted by molar-refractivity contribution is 6.04. The van der Waals surface area contributed by atoms with Gasteiger partial charge in [0.25, 0.3) is 5.91 Å². The van der Waals surface area contributed by atoms with Gasteiger partial charge in [-0.3, -0.25) is 4.79 Å². The summed E-state index contributed by atoms with van der Waals surface area (Å²) in [5.74, 6) is 5.61. The number of amides is 1. The quantitative estimate of drug-likeness (QED) is 0.819. The van der Waals surface area contributed by atoms with Crippen LogP contribution >= 0.6 is 0 Å². The average molecular weight is 264 g/mol. The fourth-order valence-electron chi connectivity index (χ4n) is 1.78. The summed E-state index contributed by atoms with van der Waals surface area (Å²) < 4.78 is 0. The molecule has 20 heavy (non-hydrogen) atoms. The van der Waals surface area contributed by atoms with Crippen LogP contribution in [0, 0.1) is 18.8 Å². The van der Waals surface area contributed by atoms with Crippen molar-refractivity contribution in [2.24, 2.45) is 5.73 Å². The molecule has 0 bridgehead atoms. The Hall–Kier alpha value is -2.57. The average Bonchev–Trinajstić information content (AvgIpc) is 2.46. The Morgan fingerprint density at radius 3 is 2.60 bits per heavy atom. The summed E-state index contributed by atoms with van der Waals surface area (Å²) in [6.07, 6.45) is 0. The Balaban J connectivity index is 2.08. The lowest BCUT2D eigenvalue weighted by Crippen LogP contribution is -2.11. The Kier molecular flexibility index (Phi) is 4.54. The molecule has 2 aromatic rings. The van der Waals surface area contributed by atoms with E-state index in [0.29, 0.717) is 12.1 Å². The fourth-order valence-corrected chi connectivity index (χ4v) is 1.78. The van der Waals surface area contributed by atoms with Crippen molar-refractivity contribution in [1.29, 1.82) is 0 Å². The predicted octanol–water partition coefficient (Wildman–Crippen LogP) is 2.56. The van der Waals surface area contributed by atoms with Crippen molar-refractivity contribution in [1.82, 2.24) is 0 Å². The fraction of sp³-hybridized carbons (Fsp3) is 0.118. The highest BCUT2D eigenvalue weighted by atomic mass is 16.1. The normalized spacial score (nSPS) is 9.50. The van der Waals surface area contributed by atoms with Gasteiger partial charge in [0.1, 0.15) is 0 Å². The van der Waals surface area contributed by atoms with Gasteiger partial charge in [-0.05, 0) is 43.3 Å². The molecule has 100 valence electrons. The second-order valence-corrected chi connectivity index (χ2v) is 4.41. The number of rotatable bonds is 2. The minimum absolute atomic E-state index is 0.116. The highest BCUT2D eigenvalue weighted by Crippen LogP contribution is 2.11. The topological polar surface area (TPSA) is 55.1 Å². The van der Waals surface area contributed by atoms with E-state index in [9.17, 15) is 4.79 Å². The van der Waals surface area contributed by atoms with E-state index in [0.717, 1.165) is 16.8 Å². The number of carbonyl (C=O) groups is 1. The SMILES string of the molecule is Cc1cccc(C(=O)Nc2ccc(C#CCN)cc2)c1. The molecule has 0 unspecified atom stereocenters. The largest absolute Gasteiger partial charge is 0.322 e. The first kappa shape index (κ1) is 13.9. The lowest BCUT2D eigenvalue weighted by Gasteiger charge is -2.06. The van der Waals surface area contributed by atoms with Crippen LogP contribution in [0.3, 0.4) is 0 Å². The van der Waals surface area contributed by atoms with E-state index in [1.165, 1.54) is 0 Å². The van der Waals surface area contributed by atoms with E-state index in [4.69, 9.17) is 5.73 Å². The van der Waals surface area contributed by atoms with E-state index < -0.39 is 0 Å². The maximum Gasteiger partial charge on any atom is 0.255 e. The number of benzene rings is 2. The predicted molar refractivity (Wildman–Crippen MR) is 81.5 cm³/mol. The molecule has 0 atom stereocenters. The Morgan fingerprint density at radius 1 is 1.20 bits per heavy atom. The molecular weight excluding hydrogens is 248 g/mol. The monoisotopic (exact) mass is 264 g/mol. The second kappa shape index (κ2) is 6.55. The molecule has 3 N–H and O–H groups in total. The zero-order valence-corrected chi connectivity index (χ0v) is 11.3. The highest BCUT2D eigenvalue weighted by Gasteiger charge is 2.05. The van der Waals surface area contributed by atoms with Crippen LogP contribution in [0.1, 0.15) is 21.5 Å². The van der Waals surface area contributed by atoms with Crippen LogP contribution in [0.5, 0.6) is 0 Å². The minimum atomic E-state index is -0.116. The van der Waals surface area contributed by atoms with E-state index in [1.807, 2.05) is 49.4 Å². The molecule has 0 aliphatic rings. The number of nitrogens with one attached hydrogen (secondary N) is 1. The van der Waals surface area contributed by atoms with Crippen molar-refractivity contribution in [2.45, 2.75) is 6.92 Å². The van der Waals surface area contributed by atoms with E-state index in [-0.39, 0.29) is 5.91 Å². The third-order valence-corrected chi connectivity index (χ3v) is 2.76. The molecule has 0 fully saturated rings. The number of hydrogen-bond acceptors (Lipinski definition) is 2. The van der Waals surface area contributed by atoms with Gasteiger partial charge in [0.15, 0.2) is 0 Å². The van der Waals surface area contributed by atoms with Gasteiger partial charge in [-0.25, -0.2) is 0 Å². The van der Waals surface area contributed by atoms with Crippen LogP contribution in [-0.2, 0) is 0 Å². The van der Waals surface area contributed by atoms with Gasteiger partial charge in [-0.1, -0.05) is 29.5 Å². The third-order valence-electron chi connectivity index (χ3n) is 2.76. The molecule has 2 aromatic carbocycles. The van der Waals surface area contributed by atoms with Crippen molar-refractivity contribution >= 4 is 11.6 Å². The summed E-state index contributed by atoms with van der Waals surface area (Å²) in [7, 11) is 0. The Morgan fingerprint density at radius 2 is 1.95 bits per heavy atom. The number of nitrogens with two attached hydrogens (primary N) is 1. The smallest absolute Gasteiger partial charge is 0.255 e. The summed E-state index contributed by atoms with van der Waals surface area (Å²) in [5, 5.41) is 2.86. The van der Waals surface area contributed by atoms with E-state index >= 15 is 0 Å². The Bertz CT molecular complexity index is 663. The summed E-state index contributed by atoms with van der Waals surface area (Å²) in [6, 6.07) is 14.8. The van der Waals surface area contributed by atoms with Crippen LogP contribution in [0.15, 0.2) is 48.5 Å². The maximum atomic E-state index is 12.1. The molecule has 0 aliphatic heterocycles. The summed E-state index contributed by atoms with van der Waals surface area (Å²) in [4.78, 5) is 12.1. The molecule has 0 spiro atoms. The van der Waals surface area contributed by atoms with Crippen LogP contribution in [0.4, 0.5) is 5.69 Å². The van der Waals surface area contributed by atoms with E-state index in [2.05, 4.69) is 17.2 Å². The molecule has 2 rings (SSSR count). The first-order valence-corrected chi connectivity index (χ1v) is 6.36. The van der Waals surface area contributed by atoms with Crippen LogP contribution < -0.4 is 11.1 Å². The zero-order valence-electron chi connectivity index (χ0n) is 11.3. The standard InChI is InChI=1S/C17H16N2O/c1-13-4-2-6-15(12-13)17(20)19-16-9-7-14(8-10-16)5-3-11-18/h2,4,6-10,12H,11,18H2,1H3,(H,19,20). The van der Waals surface area contributed by atoms with Crippen molar-refractivity contribution in [3.8, 4) is 11.8 Å². The summed E-state index contributed by atoms with van der Waals surface area (Å²) >= 11 is 0. The lowest BCUT2D eigenvalue weighted by atomic mass is 10.1. The molecule has 1 amide bonds. The first-order valence-electron chi connectivity index (χ1n) is 6.36. The minimum Gasteiger partial charge on any atom is -0.322 e. The number of carbonyl (C=O) groups excluding carboxylic acids is 1. The van der Waals surface area contributed by atoms with Gasteiger partial charge in [0, 0.05) is 16.8 Å². The van der Waals surface area contributed by atoms with Crippen molar-refractivity contribution in [3.05, 3.63) is 65.2 Å². The summed E-state index contributed by atoms with van der Waals surface area (Å²) in [5.41, 5.74) is 8.65. The van der Waals surface area contributed by atoms with Crippen LogP contribution in [0.2, 0.25) is 0 Å². The zero-order chi connectivity index (χ0) is 14.4. The van der Waals surface area contributed by atoms with Crippen molar-refractivity contribution in [3.63, 3.8) is 0 Å². The summed E-state index contributed by atoms with van der Waals surface area (Å²) in [6.45, 7) is 2.30. The first-order chi connectivity index (χ1) is 9.69. The van der Waals surface area contributed by atoms with Crippen LogP contribution in [0.25, 0.3) is 0 Å². The van der Waals surface area contributed by atoms with Gasteiger partial charge in [-0.15, -0.1) is 0 Å². The van der Waals surface area contributed by atoms with Crippen molar-refractivity contribution < 1.29 is 4.79 Å². The molecule has 0 saturated heterocycles. The Labute approximate surface area is 118 Å². The number of aryl methyl sites for hydroxylation is 1. The number of hydrogen-bond donors (Lipinski definition) is 2. The van der Waals surface area contributed by atoms with Gasteiger partial charge in [-0.2, -0.15) is 0 Å². The molecule has 0 aromatic heterocycles. The molecule has 0 aliphatic carbocycles. The number of anilines is 1. The molecule has 3 nitrogen and oxygen atoms in total. The van der Waals surface area contributed by atoms with Crippen molar-refractivity contribution in [2.75, 3.05) is 11.9 Å². The molecule has 0 heterocycles. The molecule has 3 heteroatoms. The van der Waals surface area contributed by atoms with Crippen LogP contribution in [-0.4, -0.2) is 12.5 Å². The molecule has 0 saturated carbocycles.